The number of hydrogen-bond donors (Lipinski definition) is 1. The van der Waals surface area contributed by atoms with Gasteiger partial charge in [-0.2, -0.15) is 8.78 Å². The number of rotatable bonds is 3. The van der Waals surface area contributed by atoms with Gasteiger partial charge in [-0.1, -0.05) is 0 Å². The highest BCUT2D eigenvalue weighted by Crippen LogP contribution is 2.35. The summed E-state index contributed by atoms with van der Waals surface area (Å²) in [5.74, 6) is -4.01. The molecular weight excluding hydrogens is 230 g/mol. The zero-order valence-corrected chi connectivity index (χ0v) is 10.3. The first-order valence-corrected chi connectivity index (χ1v) is 5.10. The first kappa shape index (κ1) is 13.6. The molecule has 0 aliphatic heterocycles. The molecule has 0 aliphatic rings. The van der Waals surface area contributed by atoms with Crippen molar-refractivity contribution in [3.8, 4) is 0 Å². The molecule has 1 aromatic rings. The molecule has 0 unspecified atom stereocenters. The van der Waals surface area contributed by atoms with Crippen molar-refractivity contribution in [1.82, 2.24) is 4.57 Å². The fourth-order valence-electron chi connectivity index (χ4n) is 1.85. The average molecular weight is 246 g/mol. The monoisotopic (exact) mass is 246 g/mol. The Morgan fingerprint density at radius 3 is 2.35 bits per heavy atom. The van der Waals surface area contributed by atoms with Crippen LogP contribution in [0.1, 0.15) is 27.3 Å². The van der Waals surface area contributed by atoms with Crippen molar-refractivity contribution >= 4 is 5.97 Å². The molecule has 0 spiro atoms. The predicted molar refractivity (Wildman–Crippen MR) is 59.2 cm³/mol. The van der Waals surface area contributed by atoms with Crippen LogP contribution in [0.15, 0.2) is 0 Å². The standard InChI is InChI=1S/C11H16F2N2O2/c1-6-8(10(16)17-4)9(7(2)15(6)3)11(12,13)5-14/h5,14H2,1-4H3. The van der Waals surface area contributed by atoms with Crippen LogP contribution in [-0.2, 0) is 17.7 Å². The van der Waals surface area contributed by atoms with E-state index in [2.05, 4.69) is 4.74 Å². The summed E-state index contributed by atoms with van der Waals surface area (Å²) < 4.78 is 33.6. The number of aromatic nitrogens is 1. The Morgan fingerprint density at radius 2 is 1.94 bits per heavy atom. The van der Waals surface area contributed by atoms with Gasteiger partial charge in [0.25, 0.3) is 5.92 Å². The average Bonchev–Trinajstić information content (AvgIpc) is 2.53. The molecular formula is C11H16F2N2O2. The maximum absolute atomic E-state index is 13.8. The van der Waals surface area contributed by atoms with Crippen LogP contribution >= 0.6 is 0 Å². The van der Waals surface area contributed by atoms with Gasteiger partial charge in [-0.05, 0) is 13.8 Å². The molecule has 2 N–H and O–H groups in total. The quantitative estimate of drug-likeness (QED) is 0.822. The third-order valence-corrected chi connectivity index (χ3v) is 2.99. The molecule has 96 valence electrons. The lowest BCUT2D eigenvalue weighted by Gasteiger charge is -2.15. The summed E-state index contributed by atoms with van der Waals surface area (Å²) in [4.78, 5) is 11.6. The van der Waals surface area contributed by atoms with Gasteiger partial charge in [0.15, 0.2) is 0 Å². The summed E-state index contributed by atoms with van der Waals surface area (Å²) >= 11 is 0. The van der Waals surface area contributed by atoms with Gasteiger partial charge in [0.1, 0.15) is 0 Å². The molecule has 0 saturated carbocycles. The van der Waals surface area contributed by atoms with Crippen molar-refractivity contribution in [3.05, 3.63) is 22.5 Å². The van der Waals surface area contributed by atoms with E-state index in [-0.39, 0.29) is 11.1 Å². The number of esters is 1. The summed E-state index contributed by atoms with van der Waals surface area (Å²) in [6.45, 7) is 2.27. The first-order chi connectivity index (χ1) is 7.77. The van der Waals surface area contributed by atoms with Crippen LogP contribution in [0.2, 0.25) is 0 Å². The smallest absolute Gasteiger partial charge is 0.340 e. The molecule has 0 fully saturated rings. The van der Waals surface area contributed by atoms with Gasteiger partial charge in [-0.15, -0.1) is 0 Å². The molecule has 17 heavy (non-hydrogen) atoms. The van der Waals surface area contributed by atoms with Crippen LogP contribution in [0, 0.1) is 13.8 Å². The van der Waals surface area contributed by atoms with Gasteiger partial charge < -0.3 is 15.0 Å². The minimum absolute atomic E-state index is 0.0945. The highest BCUT2D eigenvalue weighted by molar-refractivity contribution is 5.93. The van der Waals surface area contributed by atoms with Crippen LogP contribution in [0.5, 0.6) is 0 Å². The van der Waals surface area contributed by atoms with Crippen LogP contribution in [0.25, 0.3) is 0 Å². The van der Waals surface area contributed by atoms with Gasteiger partial charge >= 0.3 is 5.97 Å². The highest BCUT2D eigenvalue weighted by Gasteiger charge is 2.39. The van der Waals surface area contributed by atoms with E-state index >= 15 is 0 Å². The fourth-order valence-corrected chi connectivity index (χ4v) is 1.85. The molecule has 1 aromatic heterocycles. The zero-order chi connectivity index (χ0) is 13.4. The molecule has 1 rings (SSSR count). The number of carbonyl (C=O) groups excluding carboxylic acids is 1. The van der Waals surface area contributed by atoms with Crippen LogP contribution < -0.4 is 5.73 Å². The van der Waals surface area contributed by atoms with Crippen molar-refractivity contribution in [1.29, 1.82) is 0 Å². The molecule has 0 aromatic carbocycles. The highest BCUT2D eigenvalue weighted by atomic mass is 19.3. The minimum atomic E-state index is -3.24. The number of ether oxygens (including phenoxy) is 1. The largest absolute Gasteiger partial charge is 0.465 e. The van der Waals surface area contributed by atoms with Gasteiger partial charge in [-0.3, -0.25) is 0 Å². The van der Waals surface area contributed by atoms with E-state index in [4.69, 9.17) is 5.73 Å². The van der Waals surface area contributed by atoms with Gasteiger partial charge in [0.05, 0.1) is 24.8 Å². The predicted octanol–water partition coefficient (Wildman–Crippen LogP) is 1.48. The molecule has 0 saturated heterocycles. The number of nitrogens with two attached hydrogens (primary N) is 1. The molecule has 0 atom stereocenters. The fraction of sp³-hybridized carbons (Fsp3) is 0.545. The van der Waals surface area contributed by atoms with E-state index in [9.17, 15) is 13.6 Å². The Bertz CT molecular complexity index is 453. The molecule has 4 nitrogen and oxygen atoms in total. The second-order valence-corrected chi connectivity index (χ2v) is 3.88. The third kappa shape index (κ3) is 2.04. The molecule has 0 bridgehead atoms. The van der Waals surface area contributed by atoms with E-state index in [1.807, 2.05) is 0 Å². The SMILES string of the molecule is COC(=O)c1c(C(F)(F)CN)c(C)n(C)c1C. The van der Waals surface area contributed by atoms with Crippen LogP contribution in [-0.4, -0.2) is 24.2 Å². The summed E-state index contributed by atoms with van der Waals surface area (Å²) in [6, 6.07) is 0. The molecule has 6 heteroatoms. The van der Waals surface area contributed by atoms with Crippen molar-refractivity contribution in [2.45, 2.75) is 19.8 Å². The Labute approximate surface area is 98.4 Å². The Morgan fingerprint density at radius 1 is 1.41 bits per heavy atom. The van der Waals surface area contributed by atoms with Crippen LogP contribution in [0.4, 0.5) is 8.78 Å². The number of carbonyl (C=O) groups is 1. The maximum Gasteiger partial charge on any atom is 0.340 e. The van der Waals surface area contributed by atoms with Crippen molar-refractivity contribution in [2.75, 3.05) is 13.7 Å². The molecule has 0 amide bonds. The van der Waals surface area contributed by atoms with E-state index in [0.29, 0.717) is 11.4 Å². The van der Waals surface area contributed by atoms with E-state index in [1.54, 1.807) is 14.0 Å². The van der Waals surface area contributed by atoms with Gasteiger partial charge in [0, 0.05) is 18.4 Å². The zero-order valence-electron chi connectivity index (χ0n) is 10.3. The van der Waals surface area contributed by atoms with Gasteiger partial charge in [-0.25, -0.2) is 4.79 Å². The lowest BCUT2D eigenvalue weighted by molar-refractivity contribution is 0.00336. The second kappa shape index (κ2) is 4.44. The molecule has 0 aliphatic carbocycles. The summed E-state index contributed by atoms with van der Waals surface area (Å²) in [5, 5.41) is 0. The number of hydrogen-bond acceptors (Lipinski definition) is 3. The second-order valence-electron chi connectivity index (χ2n) is 3.88. The van der Waals surface area contributed by atoms with Crippen LogP contribution in [0.3, 0.4) is 0 Å². The number of halogens is 2. The summed E-state index contributed by atoms with van der Waals surface area (Å²) in [5.41, 5.74) is 5.39. The molecule has 1 heterocycles. The van der Waals surface area contributed by atoms with E-state index in [1.165, 1.54) is 11.5 Å². The number of alkyl halides is 2. The van der Waals surface area contributed by atoms with Crippen molar-refractivity contribution in [2.24, 2.45) is 12.8 Å². The lowest BCUT2D eigenvalue weighted by Crippen LogP contribution is -2.28. The number of methoxy groups -OCH3 is 1. The number of nitrogens with zero attached hydrogens (tertiary/aromatic N) is 1. The van der Waals surface area contributed by atoms with Gasteiger partial charge in [0.2, 0.25) is 0 Å². The van der Waals surface area contributed by atoms with E-state index in [0.717, 1.165) is 7.11 Å². The summed E-state index contributed by atoms with van der Waals surface area (Å²) in [6.07, 6.45) is 0. The Hall–Kier alpha value is -1.43. The Kier molecular flexibility index (Phi) is 3.56. The molecule has 0 radical (unpaired) electrons. The topological polar surface area (TPSA) is 57.2 Å². The summed E-state index contributed by atoms with van der Waals surface area (Å²) in [7, 11) is 2.78. The lowest BCUT2D eigenvalue weighted by atomic mass is 10.0. The van der Waals surface area contributed by atoms with E-state index < -0.39 is 18.4 Å². The van der Waals surface area contributed by atoms with Crippen molar-refractivity contribution in [3.63, 3.8) is 0 Å². The first-order valence-electron chi connectivity index (χ1n) is 5.10. The minimum Gasteiger partial charge on any atom is -0.465 e. The van der Waals surface area contributed by atoms with Crippen molar-refractivity contribution < 1.29 is 18.3 Å². The third-order valence-electron chi connectivity index (χ3n) is 2.99. The normalized spacial score (nSPS) is 11.7. The maximum atomic E-state index is 13.8. The Balaban J connectivity index is 3.58.